The number of benzene rings is 2. The zero-order valence-electron chi connectivity index (χ0n) is 23.1. The van der Waals surface area contributed by atoms with Crippen LogP contribution in [-0.2, 0) is 10.3 Å². The summed E-state index contributed by atoms with van der Waals surface area (Å²) >= 11 is 0. The molecule has 3 aromatic rings. The molecule has 1 aromatic heterocycles. The van der Waals surface area contributed by atoms with Gasteiger partial charge in [0.15, 0.2) is 17.3 Å². The minimum absolute atomic E-state index is 0.0344. The molecular formula is C28H39N5O4. The van der Waals surface area contributed by atoms with E-state index in [0.29, 0.717) is 17.3 Å². The van der Waals surface area contributed by atoms with Crippen molar-refractivity contribution in [1.82, 2.24) is 25.5 Å². The van der Waals surface area contributed by atoms with Gasteiger partial charge < -0.3 is 14.6 Å². The average Bonchev–Trinajstić information content (AvgIpc) is 3.31. The summed E-state index contributed by atoms with van der Waals surface area (Å²) in [5.41, 5.74) is 2.42. The first-order valence-electron chi connectivity index (χ1n) is 12.4. The molecule has 37 heavy (non-hydrogen) atoms. The van der Waals surface area contributed by atoms with E-state index in [1.54, 1.807) is 14.2 Å². The lowest BCUT2D eigenvalue weighted by Gasteiger charge is -2.34. The molecule has 0 bridgehead atoms. The van der Waals surface area contributed by atoms with Gasteiger partial charge in [0, 0.05) is 6.04 Å². The largest absolute Gasteiger partial charge is 0.493 e. The highest BCUT2D eigenvalue weighted by Gasteiger charge is 2.35. The number of carboxylic acid groups (broad SMARTS) is 1. The van der Waals surface area contributed by atoms with Crippen molar-refractivity contribution in [3.05, 3.63) is 65.0 Å². The Morgan fingerprint density at radius 2 is 1.62 bits per heavy atom. The molecule has 2 aromatic carbocycles. The molecule has 2 atom stereocenters. The summed E-state index contributed by atoms with van der Waals surface area (Å²) in [6, 6.07) is 12.5. The molecule has 0 spiro atoms. The lowest BCUT2D eigenvalue weighted by atomic mass is 9.81. The fourth-order valence-electron chi connectivity index (χ4n) is 4.98. The van der Waals surface area contributed by atoms with Gasteiger partial charge in [-0.15, -0.1) is 5.10 Å². The first-order valence-corrected chi connectivity index (χ1v) is 12.4. The summed E-state index contributed by atoms with van der Waals surface area (Å²) < 4.78 is 12.9. The number of ether oxygens (including phenoxy) is 2. The van der Waals surface area contributed by atoms with E-state index in [-0.39, 0.29) is 11.8 Å². The van der Waals surface area contributed by atoms with E-state index >= 15 is 0 Å². The number of aryl methyl sites for hydroxylation is 1. The first-order chi connectivity index (χ1) is 17.3. The summed E-state index contributed by atoms with van der Waals surface area (Å²) in [6.45, 7) is 12.8. The lowest BCUT2D eigenvalue weighted by molar-refractivity contribution is -0.137. The summed E-state index contributed by atoms with van der Waals surface area (Å²) in [7, 11) is 3.17. The van der Waals surface area contributed by atoms with Crippen LogP contribution in [0.5, 0.6) is 11.5 Å². The van der Waals surface area contributed by atoms with E-state index in [9.17, 15) is 9.90 Å². The summed E-state index contributed by atoms with van der Waals surface area (Å²) in [5, 5.41) is 26.2. The van der Waals surface area contributed by atoms with Gasteiger partial charge in [0.2, 0.25) is 0 Å². The van der Waals surface area contributed by atoms with Crippen molar-refractivity contribution in [3.63, 3.8) is 0 Å². The van der Waals surface area contributed by atoms with Gasteiger partial charge in [-0.05, 0) is 66.3 Å². The number of nitrogens with zero attached hydrogens (tertiary/aromatic N) is 4. The fraction of sp³-hybridized carbons (Fsp3) is 0.500. The smallest absolute Gasteiger partial charge is 0.305 e. The summed E-state index contributed by atoms with van der Waals surface area (Å²) in [6.07, 6.45) is 0.715. The van der Waals surface area contributed by atoms with Crippen molar-refractivity contribution in [2.75, 3.05) is 14.2 Å². The molecule has 1 heterocycles. The van der Waals surface area contributed by atoms with Crippen LogP contribution in [0.3, 0.4) is 0 Å². The number of nitrogens with one attached hydrogen (secondary N) is 1. The van der Waals surface area contributed by atoms with Crippen LogP contribution in [0.15, 0.2) is 42.5 Å². The number of methoxy groups -OCH3 is 2. The third-order valence-electron chi connectivity index (χ3n) is 6.26. The maximum absolute atomic E-state index is 11.9. The molecule has 2 unspecified atom stereocenters. The maximum atomic E-state index is 11.9. The zero-order chi connectivity index (χ0) is 27.4. The average molecular weight is 510 g/mol. The van der Waals surface area contributed by atoms with Crippen LogP contribution in [0.4, 0.5) is 0 Å². The van der Waals surface area contributed by atoms with E-state index in [1.165, 1.54) is 0 Å². The summed E-state index contributed by atoms with van der Waals surface area (Å²) in [5.74, 6) is 0.837. The van der Waals surface area contributed by atoms with Crippen molar-refractivity contribution in [1.29, 1.82) is 0 Å². The molecule has 0 fully saturated rings. The summed E-state index contributed by atoms with van der Waals surface area (Å²) in [4.78, 5) is 11.9. The molecule has 0 saturated heterocycles. The number of aromatic nitrogens is 4. The van der Waals surface area contributed by atoms with E-state index < -0.39 is 23.6 Å². The molecule has 9 nitrogen and oxygen atoms in total. The van der Waals surface area contributed by atoms with E-state index in [2.05, 4.69) is 55.5 Å². The number of hydrogen-bond acceptors (Lipinski definition) is 7. The van der Waals surface area contributed by atoms with Crippen LogP contribution >= 0.6 is 0 Å². The minimum atomic E-state index is -0.906. The number of hydrogen-bond donors (Lipinski definition) is 2. The topological polar surface area (TPSA) is 111 Å². The molecule has 0 radical (unpaired) electrons. The molecule has 9 heteroatoms. The van der Waals surface area contributed by atoms with Crippen molar-refractivity contribution >= 4 is 5.97 Å². The third kappa shape index (κ3) is 7.07. The van der Waals surface area contributed by atoms with E-state index in [1.807, 2.05) is 54.1 Å². The second-order valence-corrected chi connectivity index (χ2v) is 11.3. The second-order valence-electron chi connectivity index (χ2n) is 11.3. The Morgan fingerprint density at radius 3 is 2.19 bits per heavy atom. The second kappa shape index (κ2) is 11.3. The predicted molar refractivity (Wildman–Crippen MR) is 142 cm³/mol. The normalized spacial score (nSPS) is 13.7. The van der Waals surface area contributed by atoms with E-state index in [0.717, 1.165) is 23.1 Å². The number of carboxylic acids is 1. The molecule has 0 aliphatic heterocycles. The third-order valence-corrected chi connectivity index (χ3v) is 6.26. The number of aliphatic carboxylic acids is 1. The highest BCUT2D eigenvalue weighted by atomic mass is 16.5. The Hall–Kier alpha value is -3.46. The Labute approximate surface area is 219 Å². The minimum Gasteiger partial charge on any atom is -0.493 e. The number of carbonyl (C=O) groups is 1. The van der Waals surface area contributed by atoms with E-state index in [4.69, 9.17) is 9.47 Å². The standard InChI is InChI=1S/C28H39N5O4/c1-18-9-11-19(12-10-18)21(16-24(34)35)29-25(20-13-14-22(36-7)23(15-20)37-8)26-30-31-32-33(26)28(5,6)17-27(2,3)4/h9-15,21,25,29H,16-17H2,1-8H3,(H,34,35). The van der Waals surface area contributed by atoms with Gasteiger partial charge >= 0.3 is 5.97 Å². The molecule has 0 amide bonds. The van der Waals surface area contributed by atoms with Gasteiger partial charge in [-0.1, -0.05) is 56.7 Å². The van der Waals surface area contributed by atoms with Crippen LogP contribution < -0.4 is 14.8 Å². The van der Waals surface area contributed by atoms with Crippen molar-refractivity contribution in [3.8, 4) is 11.5 Å². The highest BCUT2D eigenvalue weighted by Crippen LogP contribution is 2.37. The first kappa shape index (κ1) is 28.1. The quantitative estimate of drug-likeness (QED) is 0.369. The van der Waals surface area contributed by atoms with Crippen LogP contribution in [-0.4, -0.2) is 45.5 Å². The number of rotatable bonds is 11. The molecule has 0 saturated carbocycles. The monoisotopic (exact) mass is 509 g/mol. The van der Waals surface area contributed by atoms with Gasteiger partial charge in [0.05, 0.1) is 32.2 Å². The Balaban J connectivity index is 2.16. The zero-order valence-corrected chi connectivity index (χ0v) is 23.1. The molecular weight excluding hydrogens is 470 g/mol. The Bertz CT molecular complexity index is 1200. The van der Waals surface area contributed by atoms with Gasteiger partial charge in [0.25, 0.3) is 0 Å². The number of tetrazole rings is 1. The molecule has 3 rings (SSSR count). The highest BCUT2D eigenvalue weighted by molar-refractivity contribution is 5.68. The van der Waals surface area contributed by atoms with Gasteiger partial charge in [-0.2, -0.15) is 0 Å². The Morgan fingerprint density at radius 1 is 1.00 bits per heavy atom. The van der Waals surface area contributed by atoms with Crippen LogP contribution in [0.1, 0.15) is 82.1 Å². The predicted octanol–water partition coefficient (Wildman–Crippen LogP) is 5.07. The van der Waals surface area contributed by atoms with Crippen molar-refractivity contribution in [2.45, 2.75) is 72.0 Å². The maximum Gasteiger partial charge on any atom is 0.305 e. The SMILES string of the molecule is COc1ccc(C(NC(CC(=O)O)c2ccc(C)cc2)c2nnnn2C(C)(C)CC(C)(C)C)cc1OC. The molecule has 0 aliphatic rings. The van der Waals surface area contributed by atoms with Crippen molar-refractivity contribution in [2.24, 2.45) is 5.41 Å². The fourth-order valence-corrected chi connectivity index (χ4v) is 4.98. The Kier molecular flexibility index (Phi) is 8.58. The molecule has 200 valence electrons. The van der Waals surface area contributed by atoms with Crippen LogP contribution in [0, 0.1) is 12.3 Å². The molecule has 2 N–H and O–H groups in total. The lowest BCUT2D eigenvalue weighted by Crippen LogP contribution is -2.38. The van der Waals surface area contributed by atoms with Crippen LogP contribution in [0.25, 0.3) is 0 Å². The van der Waals surface area contributed by atoms with Crippen LogP contribution in [0.2, 0.25) is 0 Å². The van der Waals surface area contributed by atoms with Crippen molar-refractivity contribution < 1.29 is 19.4 Å². The molecule has 0 aliphatic carbocycles. The van der Waals surface area contributed by atoms with Gasteiger partial charge in [-0.25, -0.2) is 4.68 Å². The van der Waals surface area contributed by atoms with Gasteiger partial charge in [0.1, 0.15) is 0 Å². The van der Waals surface area contributed by atoms with Gasteiger partial charge in [-0.3, -0.25) is 10.1 Å².